The molecular formula is C13H11F2NO4. The average Bonchev–Trinajstić information content (AvgIpc) is 2.85. The Balaban J connectivity index is 2.16. The highest BCUT2D eigenvalue weighted by molar-refractivity contribution is 5.89. The molecule has 2 aromatic rings. The van der Waals surface area contributed by atoms with Gasteiger partial charge in [-0.05, 0) is 18.2 Å². The van der Waals surface area contributed by atoms with Crippen LogP contribution in [0, 0.1) is 11.6 Å². The van der Waals surface area contributed by atoms with E-state index in [0.717, 1.165) is 6.07 Å². The van der Waals surface area contributed by atoms with Crippen molar-refractivity contribution in [2.75, 3.05) is 5.32 Å². The van der Waals surface area contributed by atoms with Crippen LogP contribution in [-0.4, -0.2) is 16.2 Å². The van der Waals surface area contributed by atoms with Crippen molar-refractivity contribution in [3.05, 3.63) is 53.0 Å². The minimum absolute atomic E-state index is 0.0710. The van der Waals surface area contributed by atoms with Crippen molar-refractivity contribution < 1.29 is 28.2 Å². The number of hydrogen-bond acceptors (Lipinski definition) is 4. The molecule has 2 rings (SSSR count). The normalized spacial score (nSPS) is 10.6. The zero-order chi connectivity index (χ0) is 14.7. The first-order valence-corrected chi connectivity index (χ1v) is 5.66. The van der Waals surface area contributed by atoms with E-state index in [4.69, 9.17) is 14.6 Å². The quantitative estimate of drug-likeness (QED) is 0.784. The van der Waals surface area contributed by atoms with Crippen molar-refractivity contribution >= 4 is 11.7 Å². The van der Waals surface area contributed by atoms with Gasteiger partial charge in [0.05, 0.1) is 17.8 Å². The third-order valence-electron chi connectivity index (χ3n) is 2.61. The second-order valence-corrected chi connectivity index (χ2v) is 4.00. The first-order chi connectivity index (χ1) is 9.51. The fraction of sp³-hybridized carbons (Fsp3) is 0.154. The minimum atomic E-state index is -1.48. The van der Waals surface area contributed by atoms with Crippen LogP contribution in [0.4, 0.5) is 14.5 Å². The second-order valence-electron chi connectivity index (χ2n) is 4.00. The number of nitrogens with one attached hydrogen (secondary N) is 1. The molecule has 1 heterocycles. The Labute approximate surface area is 112 Å². The molecule has 0 saturated carbocycles. The summed E-state index contributed by atoms with van der Waals surface area (Å²) in [6, 6.07) is 4.52. The van der Waals surface area contributed by atoms with Gasteiger partial charge in [0.15, 0.2) is 0 Å². The third kappa shape index (κ3) is 2.94. The van der Waals surface area contributed by atoms with Crippen molar-refractivity contribution in [1.29, 1.82) is 0 Å². The highest BCUT2D eigenvalue weighted by atomic mass is 19.1. The van der Waals surface area contributed by atoms with E-state index < -0.39 is 23.2 Å². The summed E-state index contributed by atoms with van der Waals surface area (Å²) in [7, 11) is 0. The molecule has 20 heavy (non-hydrogen) atoms. The number of aliphatic hydroxyl groups is 1. The maximum Gasteiger partial charge on any atom is 0.338 e. The van der Waals surface area contributed by atoms with Gasteiger partial charge in [0.2, 0.25) is 0 Å². The number of aromatic carboxylic acids is 1. The molecule has 0 aliphatic carbocycles. The average molecular weight is 283 g/mol. The van der Waals surface area contributed by atoms with Gasteiger partial charge in [-0.15, -0.1) is 0 Å². The number of furan rings is 1. The van der Waals surface area contributed by atoms with E-state index in [2.05, 4.69) is 5.32 Å². The Morgan fingerprint density at radius 3 is 2.50 bits per heavy atom. The summed E-state index contributed by atoms with van der Waals surface area (Å²) in [5, 5.41) is 20.2. The lowest BCUT2D eigenvalue weighted by Crippen LogP contribution is -2.06. The Morgan fingerprint density at radius 1 is 1.20 bits per heavy atom. The van der Waals surface area contributed by atoms with Crippen molar-refractivity contribution in [1.82, 2.24) is 0 Å². The number of rotatable bonds is 5. The summed E-state index contributed by atoms with van der Waals surface area (Å²) in [5.74, 6) is -2.74. The molecule has 3 N–H and O–H groups in total. The Hall–Kier alpha value is -2.41. The number of carboxylic acids is 1. The molecule has 0 aliphatic rings. The zero-order valence-corrected chi connectivity index (χ0v) is 10.2. The van der Waals surface area contributed by atoms with E-state index in [1.165, 1.54) is 0 Å². The van der Waals surface area contributed by atoms with Gasteiger partial charge < -0.3 is 19.9 Å². The summed E-state index contributed by atoms with van der Waals surface area (Å²) in [6.07, 6.45) is 0. The summed E-state index contributed by atoms with van der Waals surface area (Å²) in [4.78, 5) is 10.8. The van der Waals surface area contributed by atoms with E-state index in [0.29, 0.717) is 17.6 Å². The van der Waals surface area contributed by atoms with Crippen LogP contribution in [0.2, 0.25) is 0 Å². The van der Waals surface area contributed by atoms with Crippen LogP contribution in [0.5, 0.6) is 0 Å². The highest BCUT2D eigenvalue weighted by Gasteiger charge is 2.15. The molecule has 0 fully saturated rings. The molecule has 0 saturated heterocycles. The molecular weight excluding hydrogens is 272 g/mol. The topological polar surface area (TPSA) is 82.7 Å². The first kappa shape index (κ1) is 14.0. The molecule has 1 aromatic heterocycles. The lowest BCUT2D eigenvalue weighted by molar-refractivity contribution is 0.0692. The lowest BCUT2D eigenvalue weighted by atomic mass is 10.1. The van der Waals surface area contributed by atoms with E-state index in [1.807, 2.05) is 0 Å². The molecule has 5 nitrogen and oxygen atoms in total. The van der Waals surface area contributed by atoms with Crippen molar-refractivity contribution in [3.63, 3.8) is 0 Å². The predicted molar refractivity (Wildman–Crippen MR) is 65.3 cm³/mol. The lowest BCUT2D eigenvalue weighted by Gasteiger charge is -2.08. The van der Waals surface area contributed by atoms with Gasteiger partial charge in [0.25, 0.3) is 0 Å². The summed E-state index contributed by atoms with van der Waals surface area (Å²) in [6.45, 7) is -0.185. The maximum absolute atomic E-state index is 13.5. The van der Waals surface area contributed by atoms with Gasteiger partial charge in [-0.25, -0.2) is 13.6 Å². The van der Waals surface area contributed by atoms with Crippen LogP contribution in [0.15, 0.2) is 28.7 Å². The summed E-state index contributed by atoms with van der Waals surface area (Å²) >= 11 is 0. The number of benzene rings is 1. The van der Waals surface area contributed by atoms with Crippen LogP contribution in [0.3, 0.4) is 0 Å². The van der Waals surface area contributed by atoms with Crippen LogP contribution < -0.4 is 5.32 Å². The minimum Gasteiger partial charge on any atom is -0.478 e. The smallest absolute Gasteiger partial charge is 0.338 e. The summed E-state index contributed by atoms with van der Waals surface area (Å²) in [5.41, 5.74) is -0.768. The van der Waals surface area contributed by atoms with E-state index in [1.54, 1.807) is 12.1 Å². The fourth-order valence-corrected chi connectivity index (χ4v) is 1.63. The van der Waals surface area contributed by atoms with Gasteiger partial charge in [-0.1, -0.05) is 0 Å². The van der Waals surface area contributed by atoms with Crippen LogP contribution in [0.25, 0.3) is 0 Å². The Bertz CT molecular complexity index is 639. The number of hydrogen-bond donors (Lipinski definition) is 3. The van der Waals surface area contributed by atoms with E-state index in [9.17, 15) is 13.6 Å². The SMILES string of the molecule is O=C(O)c1cc(NCc2ccc(CO)o2)c(F)cc1F. The number of carboxylic acid groups (broad SMARTS) is 1. The fourth-order valence-electron chi connectivity index (χ4n) is 1.63. The van der Waals surface area contributed by atoms with Gasteiger partial charge in [0.1, 0.15) is 29.8 Å². The molecule has 0 amide bonds. The van der Waals surface area contributed by atoms with Gasteiger partial charge in [-0.2, -0.15) is 0 Å². The van der Waals surface area contributed by atoms with Gasteiger partial charge in [-0.3, -0.25) is 0 Å². The predicted octanol–water partition coefficient (Wildman–Crippen LogP) is 2.36. The summed E-state index contributed by atoms with van der Waals surface area (Å²) < 4.78 is 31.9. The molecule has 1 aromatic carbocycles. The maximum atomic E-state index is 13.5. The Kier molecular flexibility index (Phi) is 3.99. The molecule has 7 heteroatoms. The van der Waals surface area contributed by atoms with Gasteiger partial charge in [0, 0.05) is 6.07 Å². The molecule has 0 bridgehead atoms. The Morgan fingerprint density at radius 2 is 1.90 bits per heavy atom. The van der Waals surface area contributed by atoms with Crippen molar-refractivity contribution in [3.8, 4) is 0 Å². The van der Waals surface area contributed by atoms with Crippen molar-refractivity contribution in [2.45, 2.75) is 13.2 Å². The molecule has 0 atom stereocenters. The second kappa shape index (κ2) is 5.70. The highest BCUT2D eigenvalue weighted by Crippen LogP contribution is 2.20. The standard InChI is InChI=1S/C13H11F2NO4/c14-10-4-11(15)12(3-9(10)13(18)19)16-5-7-1-2-8(6-17)20-7/h1-4,16-17H,5-6H2,(H,18,19). The number of aliphatic hydroxyl groups excluding tert-OH is 1. The molecule has 0 radical (unpaired) electrons. The molecule has 0 aliphatic heterocycles. The molecule has 106 valence electrons. The van der Waals surface area contributed by atoms with Gasteiger partial charge >= 0.3 is 5.97 Å². The van der Waals surface area contributed by atoms with Crippen LogP contribution in [-0.2, 0) is 13.2 Å². The first-order valence-electron chi connectivity index (χ1n) is 5.66. The molecule has 0 spiro atoms. The number of carbonyl (C=O) groups is 1. The molecule has 0 unspecified atom stereocenters. The largest absolute Gasteiger partial charge is 0.478 e. The van der Waals surface area contributed by atoms with Crippen LogP contribution >= 0.6 is 0 Å². The van der Waals surface area contributed by atoms with E-state index >= 15 is 0 Å². The monoisotopic (exact) mass is 283 g/mol. The van der Waals surface area contributed by atoms with Crippen LogP contribution in [0.1, 0.15) is 21.9 Å². The van der Waals surface area contributed by atoms with E-state index in [-0.39, 0.29) is 18.8 Å². The van der Waals surface area contributed by atoms with Crippen molar-refractivity contribution in [2.24, 2.45) is 0 Å². The zero-order valence-electron chi connectivity index (χ0n) is 10.2. The number of anilines is 1. The third-order valence-corrected chi connectivity index (χ3v) is 2.61. The number of halogens is 2.